The Balaban J connectivity index is 4.44. The van der Waals surface area contributed by atoms with E-state index in [4.69, 9.17) is 0 Å². The van der Waals surface area contributed by atoms with E-state index in [1.54, 1.807) is 13.8 Å². The van der Waals surface area contributed by atoms with E-state index in [9.17, 15) is 13.2 Å². The molecule has 8 heteroatoms. The second-order valence-corrected chi connectivity index (χ2v) is 4.97. The van der Waals surface area contributed by atoms with Crippen LogP contribution < -0.4 is 4.72 Å². The molecule has 0 aromatic carbocycles. The molecule has 0 fully saturated rings. The van der Waals surface area contributed by atoms with Gasteiger partial charge in [0, 0.05) is 18.4 Å². The van der Waals surface area contributed by atoms with Crippen LogP contribution in [0.4, 0.5) is 4.79 Å². The van der Waals surface area contributed by atoms with Crippen molar-refractivity contribution in [1.82, 2.24) is 9.03 Å². The number of rotatable bonds is 6. The Kier molecular flexibility index (Phi) is 6.86. The van der Waals surface area contributed by atoms with Gasteiger partial charge in [0.05, 0.1) is 6.61 Å². The molecule has 15 heavy (non-hydrogen) atoms. The fraction of sp³-hybridized carbons (Fsp3) is 0.857. The van der Waals surface area contributed by atoms with Crippen LogP contribution >= 0.6 is 15.9 Å². The normalized spacial score (nSPS) is 11.5. The van der Waals surface area contributed by atoms with Crippen LogP contribution in [0.3, 0.4) is 0 Å². The summed E-state index contributed by atoms with van der Waals surface area (Å²) in [5.41, 5.74) is 0. The summed E-state index contributed by atoms with van der Waals surface area (Å²) >= 11 is 3.13. The van der Waals surface area contributed by atoms with Crippen molar-refractivity contribution in [2.45, 2.75) is 13.8 Å². The number of nitrogens with one attached hydrogen (secondary N) is 1. The maximum Gasteiger partial charge on any atom is 0.421 e. The number of carbonyl (C=O) groups is 1. The molecule has 1 N–H and O–H groups in total. The molecule has 0 aliphatic rings. The van der Waals surface area contributed by atoms with Gasteiger partial charge in [0.15, 0.2) is 0 Å². The standard InChI is InChI=1S/C7H15BrN2O4S/c1-3-10(6-5-8)15(12,13)9-7(11)14-4-2/h3-6H2,1-2H3,(H,9,11). The SMILES string of the molecule is CCOC(=O)NS(=O)(=O)N(CC)CCBr. The van der Waals surface area contributed by atoms with E-state index in [-0.39, 0.29) is 6.61 Å². The van der Waals surface area contributed by atoms with E-state index < -0.39 is 16.3 Å². The van der Waals surface area contributed by atoms with Crippen molar-refractivity contribution < 1.29 is 17.9 Å². The molecule has 0 radical (unpaired) electrons. The minimum Gasteiger partial charge on any atom is -0.449 e. The highest BCUT2D eigenvalue weighted by Gasteiger charge is 2.22. The average Bonchev–Trinajstić information content (AvgIpc) is 2.13. The highest BCUT2D eigenvalue weighted by atomic mass is 79.9. The Morgan fingerprint density at radius 1 is 1.47 bits per heavy atom. The minimum atomic E-state index is -3.78. The molecule has 0 aromatic rings. The maximum absolute atomic E-state index is 11.5. The van der Waals surface area contributed by atoms with Gasteiger partial charge in [-0.2, -0.15) is 12.7 Å². The molecule has 0 saturated carbocycles. The number of hydrogen-bond acceptors (Lipinski definition) is 4. The first kappa shape index (κ1) is 14.7. The molecule has 0 aliphatic heterocycles. The molecule has 0 aliphatic carbocycles. The Morgan fingerprint density at radius 2 is 2.07 bits per heavy atom. The van der Waals surface area contributed by atoms with E-state index in [0.29, 0.717) is 18.4 Å². The summed E-state index contributed by atoms with van der Waals surface area (Å²) in [4.78, 5) is 10.9. The second-order valence-electron chi connectivity index (χ2n) is 2.51. The second kappa shape index (κ2) is 7.02. The predicted molar refractivity (Wildman–Crippen MR) is 60.1 cm³/mol. The third kappa shape index (κ3) is 5.33. The van der Waals surface area contributed by atoms with Crippen LogP contribution in [0.15, 0.2) is 0 Å². The molecule has 0 bridgehead atoms. The maximum atomic E-state index is 11.5. The lowest BCUT2D eigenvalue weighted by Crippen LogP contribution is -2.44. The molecule has 0 atom stereocenters. The molecular weight excluding hydrogens is 288 g/mol. The lowest BCUT2D eigenvalue weighted by atomic mass is 10.7. The number of amides is 1. The largest absolute Gasteiger partial charge is 0.449 e. The van der Waals surface area contributed by atoms with Crippen molar-refractivity contribution in [3.05, 3.63) is 0 Å². The summed E-state index contributed by atoms with van der Waals surface area (Å²) in [5, 5.41) is 0.505. The molecule has 0 saturated heterocycles. The van der Waals surface area contributed by atoms with Crippen LogP contribution in [-0.2, 0) is 14.9 Å². The molecule has 6 nitrogen and oxygen atoms in total. The monoisotopic (exact) mass is 302 g/mol. The average molecular weight is 303 g/mol. The van der Waals surface area contributed by atoms with Gasteiger partial charge in [-0.25, -0.2) is 9.52 Å². The summed E-state index contributed by atoms with van der Waals surface area (Å²) in [6.45, 7) is 4.01. The van der Waals surface area contributed by atoms with Gasteiger partial charge >= 0.3 is 16.3 Å². The molecule has 0 spiro atoms. The Labute approximate surface area is 98.3 Å². The number of halogens is 1. The van der Waals surface area contributed by atoms with Crippen LogP contribution in [0.1, 0.15) is 13.8 Å². The van der Waals surface area contributed by atoms with Crippen molar-refractivity contribution in [3.8, 4) is 0 Å². The first-order chi connectivity index (χ1) is 6.97. The van der Waals surface area contributed by atoms with Crippen molar-refractivity contribution in [2.75, 3.05) is 25.0 Å². The molecular formula is C7H15BrN2O4S. The molecule has 0 aromatic heterocycles. The Bertz CT molecular complexity index is 293. The zero-order valence-electron chi connectivity index (χ0n) is 8.69. The van der Waals surface area contributed by atoms with Crippen LogP contribution in [0, 0.1) is 0 Å². The van der Waals surface area contributed by atoms with E-state index in [1.807, 2.05) is 4.72 Å². The van der Waals surface area contributed by atoms with Crippen LogP contribution in [0.5, 0.6) is 0 Å². The van der Waals surface area contributed by atoms with Crippen LogP contribution in [-0.4, -0.2) is 43.8 Å². The lowest BCUT2D eigenvalue weighted by molar-refractivity contribution is 0.158. The third-order valence-corrected chi connectivity index (χ3v) is 3.41. The quantitative estimate of drug-likeness (QED) is 0.733. The zero-order valence-corrected chi connectivity index (χ0v) is 11.1. The van der Waals surface area contributed by atoms with E-state index in [2.05, 4.69) is 20.7 Å². The van der Waals surface area contributed by atoms with Crippen molar-refractivity contribution in [2.24, 2.45) is 0 Å². The van der Waals surface area contributed by atoms with Gasteiger partial charge in [0.1, 0.15) is 0 Å². The van der Waals surface area contributed by atoms with Gasteiger partial charge in [0.25, 0.3) is 0 Å². The first-order valence-electron chi connectivity index (χ1n) is 4.48. The third-order valence-electron chi connectivity index (χ3n) is 1.51. The van der Waals surface area contributed by atoms with Gasteiger partial charge in [-0.1, -0.05) is 22.9 Å². The number of carbonyl (C=O) groups excluding carboxylic acids is 1. The van der Waals surface area contributed by atoms with Gasteiger partial charge in [-0.3, -0.25) is 0 Å². The highest BCUT2D eigenvalue weighted by molar-refractivity contribution is 9.09. The zero-order chi connectivity index (χ0) is 11.9. The lowest BCUT2D eigenvalue weighted by Gasteiger charge is -2.18. The molecule has 1 amide bonds. The Morgan fingerprint density at radius 3 is 2.47 bits per heavy atom. The van der Waals surface area contributed by atoms with E-state index in [0.717, 1.165) is 4.31 Å². The predicted octanol–water partition coefficient (Wildman–Crippen LogP) is 0.694. The number of alkyl halides is 1. The smallest absolute Gasteiger partial charge is 0.421 e. The summed E-state index contributed by atoms with van der Waals surface area (Å²) in [5.74, 6) is 0. The number of ether oxygens (including phenoxy) is 1. The number of hydrogen-bond donors (Lipinski definition) is 1. The first-order valence-corrected chi connectivity index (χ1v) is 7.04. The van der Waals surface area contributed by atoms with Gasteiger partial charge < -0.3 is 4.74 Å². The molecule has 0 heterocycles. The molecule has 90 valence electrons. The van der Waals surface area contributed by atoms with Crippen LogP contribution in [0.2, 0.25) is 0 Å². The summed E-state index contributed by atoms with van der Waals surface area (Å²) < 4.78 is 30.5. The van der Waals surface area contributed by atoms with Gasteiger partial charge in [-0.15, -0.1) is 0 Å². The fourth-order valence-corrected chi connectivity index (χ4v) is 2.61. The number of nitrogens with zero attached hydrogens (tertiary/aromatic N) is 1. The minimum absolute atomic E-state index is 0.131. The Hall–Kier alpha value is -0.340. The van der Waals surface area contributed by atoms with Crippen molar-refractivity contribution >= 4 is 32.2 Å². The van der Waals surface area contributed by atoms with E-state index in [1.165, 1.54) is 0 Å². The van der Waals surface area contributed by atoms with Gasteiger partial charge in [0.2, 0.25) is 0 Å². The fourth-order valence-electron chi connectivity index (χ4n) is 0.873. The van der Waals surface area contributed by atoms with Crippen molar-refractivity contribution in [3.63, 3.8) is 0 Å². The van der Waals surface area contributed by atoms with Gasteiger partial charge in [-0.05, 0) is 6.92 Å². The summed E-state index contributed by atoms with van der Waals surface area (Å²) in [6.07, 6.45) is -0.953. The van der Waals surface area contributed by atoms with Crippen molar-refractivity contribution in [1.29, 1.82) is 0 Å². The van der Waals surface area contributed by atoms with E-state index >= 15 is 0 Å². The topological polar surface area (TPSA) is 75.7 Å². The molecule has 0 rings (SSSR count). The summed E-state index contributed by atoms with van der Waals surface area (Å²) in [6, 6.07) is 0. The summed E-state index contributed by atoms with van der Waals surface area (Å²) in [7, 11) is -3.78. The molecule has 0 unspecified atom stereocenters. The highest BCUT2D eigenvalue weighted by Crippen LogP contribution is 1.99. The van der Waals surface area contributed by atoms with Crippen LogP contribution in [0.25, 0.3) is 0 Å².